The van der Waals surface area contributed by atoms with Crippen LogP contribution in [0, 0.1) is 0 Å². The lowest BCUT2D eigenvalue weighted by atomic mass is 10.6. The SMILES string of the molecule is C=CCSCCCSCC=C. The molecule has 0 rings (SSSR count). The second-order valence-electron chi connectivity index (χ2n) is 2.08. The van der Waals surface area contributed by atoms with E-state index in [2.05, 4.69) is 13.2 Å². The highest BCUT2D eigenvalue weighted by Crippen LogP contribution is 2.07. The highest BCUT2D eigenvalue weighted by atomic mass is 32.2. The molecule has 0 heterocycles. The van der Waals surface area contributed by atoms with Crippen LogP contribution in [0.4, 0.5) is 0 Å². The van der Waals surface area contributed by atoms with Crippen molar-refractivity contribution < 1.29 is 0 Å². The molecule has 2 heteroatoms. The predicted molar refractivity (Wildman–Crippen MR) is 59.7 cm³/mol. The summed E-state index contributed by atoms with van der Waals surface area (Å²) >= 11 is 3.91. The highest BCUT2D eigenvalue weighted by Gasteiger charge is 1.87. The van der Waals surface area contributed by atoms with E-state index < -0.39 is 0 Å². The van der Waals surface area contributed by atoms with Crippen LogP contribution in [0.5, 0.6) is 0 Å². The third-order valence-corrected chi connectivity index (χ3v) is 3.15. The number of hydrogen-bond acceptors (Lipinski definition) is 2. The molecule has 0 saturated heterocycles. The Morgan fingerprint density at radius 1 is 0.909 bits per heavy atom. The largest absolute Gasteiger partial charge is 0.158 e. The molecule has 0 atom stereocenters. The first-order valence-corrected chi connectivity index (χ1v) is 6.10. The topological polar surface area (TPSA) is 0 Å². The van der Waals surface area contributed by atoms with Gasteiger partial charge in [-0.3, -0.25) is 0 Å². The summed E-state index contributed by atoms with van der Waals surface area (Å²) in [5.74, 6) is 4.70. The van der Waals surface area contributed by atoms with Gasteiger partial charge in [-0.05, 0) is 17.9 Å². The van der Waals surface area contributed by atoms with E-state index in [9.17, 15) is 0 Å². The minimum atomic E-state index is 1.09. The van der Waals surface area contributed by atoms with Gasteiger partial charge < -0.3 is 0 Å². The minimum Gasteiger partial charge on any atom is -0.158 e. The third-order valence-electron chi connectivity index (χ3n) is 1.05. The third kappa shape index (κ3) is 10.2. The monoisotopic (exact) mass is 188 g/mol. The number of hydrogen-bond donors (Lipinski definition) is 0. The summed E-state index contributed by atoms with van der Waals surface area (Å²) in [7, 11) is 0. The van der Waals surface area contributed by atoms with Gasteiger partial charge >= 0.3 is 0 Å². The summed E-state index contributed by atoms with van der Waals surface area (Å²) in [5, 5.41) is 0. The average molecular weight is 188 g/mol. The zero-order chi connectivity index (χ0) is 8.36. The van der Waals surface area contributed by atoms with Crippen LogP contribution in [-0.4, -0.2) is 23.0 Å². The van der Waals surface area contributed by atoms with Crippen molar-refractivity contribution in [2.45, 2.75) is 6.42 Å². The second-order valence-corrected chi connectivity index (χ2v) is 4.38. The standard InChI is InChI=1S/C9H16S2/c1-3-6-10-8-5-9-11-7-4-2/h3-4H,1-2,5-9H2. The van der Waals surface area contributed by atoms with Gasteiger partial charge in [-0.25, -0.2) is 0 Å². The Morgan fingerprint density at radius 3 is 1.73 bits per heavy atom. The smallest absolute Gasteiger partial charge is 0.0110 e. The first-order valence-electron chi connectivity index (χ1n) is 3.79. The molecule has 0 aromatic rings. The van der Waals surface area contributed by atoms with Crippen molar-refractivity contribution in [2.75, 3.05) is 23.0 Å². The van der Waals surface area contributed by atoms with Gasteiger partial charge in [-0.15, -0.1) is 13.2 Å². The maximum Gasteiger partial charge on any atom is 0.0110 e. The summed E-state index contributed by atoms with van der Waals surface area (Å²) in [6.45, 7) is 7.34. The van der Waals surface area contributed by atoms with Gasteiger partial charge in [0.05, 0.1) is 0 Å². The summed E-state index contributed by atoms with van der Waals surface area (Å²) < 4.78 is 0. The van der Waals surface area contributed by atoms with Crippen LogP contribution in [0.15, 0.2) is 25.3 Å². The molecule has 0 amide bonds. The van der Waals surface area contributed by atoms with Crippen LogP contribution in [-0.2, 0) is 0 Å². The Morgan fingerprint density at radius 2 is 1.36 bits per heavy atom. The molecular formula is C9H16S2. The van der Waals surface area contributed by atoms with Gasteiger partial charge in [0.25, 0.3) is 0 Å². The fraction of sp³-hybridized carbons (Fsp3) is 0.556. The molecule has 0 N–H and O–H groups in total. The number of rotatable bonds is 8. The molecule has 0 aliphatic heterocycles. The quantitative estimate of drug-likeness (QED) is 0.424. The van der Waals surface area contributed by atoms with E-state index >= 15 is 0 Å². The van der Waals surface area contributed by atoms with Gasteiger partial charge in [0.2, 0.25) is 0 Å². The molecule has 0 bridgehead atoms. The van der Waals surface area contributed by atoms with Crippen molar-refractivity contribution >= 4 is 23.5 Å². The zero-order valence-corrected chi connectivity index (χ0v) is 8.55. The molecule has 0 nitrogen and oxygen atoms in total. The van der Waals surface area contributed by atoms with Crippen LogP contribution in [0.1, 0.15) is 6.42 Å². The van der Waals surface area contributed by atoms with Gasteiger partial charge in [0, 0.05) is 11.5 Å². The van der Waals surface area contributed by atoms with Crippen LogP contribution >= 0.6 is 23.5 Å². The van der Waals surface area contributed by atoms with Crippen LogP contribution in [0.3, 0.4) is 0 Å². The molecule has 0 saturated carbocycles. The summed E-state index contributed by atoms with van der Waals surface area (Å²) in [4.78, 5) is 0. The van der Waals surface area contributed by atoms with Crippen LogP contribution in [0.2, 0.25) is 0 Å². The van der Waals surface area contributed by atoms with Crippen molar-refractivity contribution in [2.24, 2.45) is 0 Å². The summed E-state index contributed by atoms with van der Waals surface area (Å²) in [5.41, 5.74) is 0. The highest BCUT2D eigenvalue weighted by molar-refractivity contribution is 8.00. The molecule has 0 radical (unpaired) electrons. The molecular weight excluding hydrogens is 172 g/mol. The molecule has 0 fully saturated rings. The van der Waals surface area contributed by atoms with E-state index in [1.54, 1.807) is 0 Å². The van der Waals surface area contributed by atoms with Crippen LogP contribution < -0.4 is 0 Å². The van der Waals surface area contributed by atoms with E-state index in [1.807, 2.05) is 35.7 Å². The first kappa shape index (κ1) is 11.2. The van der Waals surface area contributed by atoms with E-state index in [-0.39, 0.29) is 0 Å². The fourth-order valence-electron chi connectivity index (χ4n) is 0.596. The molecule has 0 unspecified atom stereocenters. The van der Waals surface area contributed by atoms with Crippen molar-refractivity contribution in [1.29, 1.82) is 0 Å². The van der Waals surface area contributed by atoms with E-state index in [0.717, 1.165) is 11.5 Å². The second kappa shape index (κ2) is 10.2. The lowest BCUT2D eigenvalue weighted by molar-refractivity contribution is 1.12. The van der Waals surface area contributed by atoms with Gasteiger partial charge in [-0.2, -0.15) is 23.5 Å². The number of thioether (sulfide) groups is 2. The Kier molecular flexibility index (Phi) is 10.3. The van der Waals surface area contributed by atoms with Crippen molar-refractivity contribution in [3.8, 4) is 0 Å². The lowest BCUT2D eigenvalue weighted by Crippen LogP contribution is -1.85. The van der Waals surface area contributed by atoms with Crippen molar-refractivity contribution in [3.05, 3.63) is 25.3 Å². The maximum atomic E-state index is 3.67. The minimum absolute atomic E-state index is 1.09. The molecule has 0 aromatic heterocycles. The average Bonchev–Trinajstić information content (AvgIpc) is 2.03. The lowest BCUT2D eigenvalue weighted by Gasteiger charge is -1.97. The molecule has 0 aliphatic carbocycles. The summed E-state index contributed by atoms with van der Waals surface area (Å²) in [6.07, 6.45) is 5.22. The fourth-order valence-corrected chi connectivity index (χ4v) is 2.14. The van der Waals surface area contributed by atoms with E-state index in [1.165, 1.54) is 17.9 Å². The van der Waals surface area contributed by atoms with E-state index in [0.29, 0.717) is 0 Å². The van der Waals surface area contributed by atoms with Crippen molar-refractivity contribution in [3.63, 3.8) is 0 Å². The van der Waals surface area contributed by atoms with Gasteiger partial charge in [-0.1, -0.05) is 12.2 Å². The van der Waals surface area contributed by atoms with Crippen molar-refractivity contribution in [1.82, 2.24) is 0 Å². The van der Waals surface area contributed by atoms with Crippen LogP contribution in [0.25, 0.3) is 0 Å². The zero-order valence-electron chi connectivity index (χ0n) is 6.92. The predicted octanol–water partition coefficient (Wildman–Crippen LogP) is 3.21. The Bertz CT molecular complexity index is 87.7. The Hall–Kier alpha value is 0.180. The molecule has 0 aliphatic rings. The Labute approximate surface area is 78.5 Å². The Balaban J connectivity index is 2.79. The van der Waals surface area contributed by atoms with Gasteiger partial charge in [0.15, 0.2) is 0 Å². The molecule has 64 valence electrons. The molecule has 0 spiro atoms. The van der Waals surface area contributed by atoms with E-state index in [4.69, 9.17) is 0 Å². The maximum absolute atomic E-state index is 3.67. The summed E-state index contributed by atoms with van der Waals surface area (Å²) in [6, 6.07) is 0. The molecule has 0 aromatic carbocycles. The normalized spacial score (nSPS) is 9.45. The molecule has 11 heavy (non-hydrogen) atoms. The van der Waals surface area contributed by atoms with Gasteiger partial charge in [0.1, 0.15) is 0 Å². The first-order chi connectivity index (χ1) is 5.41.